The van der Waals surface area contributed by atoms with Gasteiger partial charge in [0.15, 0.2) is 0 Å². The molecule has 19 heavy (non-hydrogen) atoms. The Morgan fingerprint density at radius 2 is 2.32 bits per heavy atom. The molecular formula is C13H13N3O3. The van der Waals surface area contributed by atoms with E-state index in [2.05, 4.69) is 0 Å². The molecule has 6 heteroatoms. The molecule has 0 radical (unpaired) electrons. The molecule has 0 saturated carbocycles. The van der Waals surface area contributed by atoms with E-state index < -0.39 is 4.92 Å². The van der Waals surface area contributed by atoms with E-state index in [1.54, 1.807) is 4.90 Å². The quantitative estimate of drug-likeness (QED) is 0.615. The smallest absolute Gasteiger partial charge is 0.270 e. The van der Waals surface area contributed by atoms with Crippen LogP contribution < -0.4 is 4.90 Å². The second-order valence-corrected chi connectivity index (χ2v) is 4.45. The van der Waals surface area contributed by atoms with Gasteiger partial charge in [-0.15, -0.1) is 0 Å². The summed E-state index contributed by atoms with van der Waals surface area (Å²) in [6, 6.07) is 5.93. The molecule has 2 rings (SSSR count). The van der Waals surface area contributed by atoms with Gasteiger partial charge in [-0.1, -0.05) is 6.92 Å². The van der Waals surface area contributed by atoms with Crippen LogP contribution in [0.1, 0.15) is 25.3 Å². The van der Waals surface area contributed by atoms with Crippen molar-refractivity contribution in [3.05, 3.63) is 33.9 Å². The lowest BCUT2D eigenvalue weighted by Crippen LogP contribution is -2.27. The minimum absolute atomic E-state index is 0.00662. The monoisotopic (exact) mass is 259 g/mol. The van der Waals surface area contributed by atoms with E-state index in [-0.39, 0.29) is 23.1 Å². The maximum Gasteiger partial charge on any atom is 0.270 e. The third kappa shape index (κ3) is 2.27. The van der Waals surface area contributed by atoms with Crippen LogP contribution in [-0.2, 0) is 4.79 Å². The normalized spacial score (nSPS) is 18.4. The third-order valence-electron chi connectivity index (χ3n) is 3.41. The van der Waals surface area contributed by atoms with Gasteiger partial charge in [0.2, 0.25) is 5.91 Å². The van der Waals surface area contributed by atoms with Gasteiger partial charge in [-0.25, -0.2) is 0 Å². The summed E-state index contributed by atoms with van der Waals surface area (Å²) >= 11 is 0. The number of anilines is 1. The molecule has 0 aliphatic carbocycles. The Bertz CT molecular complexity index is 577. The Balaban J connectivity index is 2.39. The van der Waals surface area contributed by atoms with Gasteiger partial charge in [-0.2, -0.15) is 5.26 Å². The van der Waals surface area contributed by atoms with E-state index in [0.29, 0.717) is 12.2 Å². The molecule has 0 spiro atoms. The molecule has 1 heterocycles. The molecule has 1 fully saturated rings. The largest absolute Gasteiger partial charge is 0.311 e. The van der Waals surface area contributed by atoms with Crippen molar-refractivity contribution >= 4 is 17.3 Å². The Morgan fingerprint density at radius 3 is 2.84 bits per heavy atom. The standard InChI is InChI=1S/C13H13N3O3/c1-2-9-5-6-15(13(9)17)12-4-3-11(16(18)19)7-10(12)8-14/h3-4,7,9H,2,5-6H2,1H3. The number of hydrogen-bond donors (Lipinski definition) is 0. The van der Waals surface area contributed by atoms with Crippen molar-refractivity contribution in [3.63, 3.8) is 0 Å². The van der Waals surface area contributed by atoms with Crippen LogP contribution in [0.15, 0.2) is 18.2 Å². The average molecular weight is 259 g/mol. The molecular weight excluding hydrogens is 246 g/mol. The highest BCUT2D eigenvalue weighted by Crippen LogP contribution is 2.31. The summed E-state index contributed by atoms with van der Waals surface area (Å²) in [5, 5.41) is 19.8. The predicted molar refractivity (Wildman–Crippen MR) is 68.6 cm³/mol. The van der Waals surface area contributed by atoms with Crippen LogP contribution in [0.4, 0.5) is 11.4 Å². The van der Waals surface area contributed by atoms with Gasteiger partial charge in [-0.05, 0) is 18.9 Å². The first-order valence-electron chi connectivity index (χ1n) is 6.08. The fourth-order valence-corrected chi connectivity index (χ4v) is 2.32. The van der Waals surface area contributed by atoms with Crippen molar-refractivity contribution in [1.29, 1.82) is 5.26 Å². The van der Waals surface area contributed by atoms with Crippen LogP contribution in [0, 0.1) is 27.4 Å². The van der Waals surface area contributed by atoms with E-state index in [4.69, 9.17) is 5.26 Å². The lowest BCUT2D eigenvalue weighted by Gasteiger charge is -2.17. The first kappa shape index (κ1) is 13.0. The molecule has 98 valence electrons. The Morgan fingerprint density at radius 1 is 1.58 bits per heavy atom. The van der Waals surface area contributed by atoms with Crippen LogP contribution >= 0.6 is 0 Å². The number of nitro benzene ring substituents is 1. The molecule has 1 unspecified atom stereocenters. The molecule has 1 amide bonds. The number of benzene rings is 1. The molecule has 0 aromatic heterocycles. The van der Waals surface area contributed by atoms with Crippen LogP contribution in [-0.4, -0.2) is 17.4 Å². The summed E-state index contributed by atoms with van der Waals surface area (Å²) in [5.41, 5.74) is 0.493. The molecule has 1 aromatic rings. The zero-order valence-corrected chi connectivity index (χ0v) is 10.5. The second kappa shape index (κ2) is 5.06. The van der Waals surface area contributed by atoms with Gasteiger partial charge in [-0.3, -0.25) is 14.9 Å². The van der Waals surface area contributed by atoms with Crippen molar-refractivity contribution in [2.24, 2.45) is 5.92 Å². The lowest BCUT2D eigenvalue weighted by atomic mass is 10.1. The second-order valence-electron chi connectivity index (χ2n) is 4.45. The van der Waals surface area contributed by atoms with Gasteiger partial charge in [0.05, 0.1) is 16.2 Å². The van der Waals surface area contributed by atoms with Crippen molar-refractivity contribution < 1.29 is 9.72 Å². The fourth-order valence-electron chi connectivity index (χ4n) is 2.32. The van der Waals surface area contributed by atoms with E-state index >= 15 is 0 Å². The highest BCUT2D eigenvalue weighted by molar-refractivity contribution is 5.98. The zero-order valence-electron chi connectivity index (χ0n) is 10.5. The summed E-state index contributed by atoms with van der Waals surface area (Å²) < 4.78 is 0. The van der Waals surface area contributed by atoms with Gasteiger partial charge in [0.1, 0.15) is 6.07 Å². The molecule has 1 aliphatic heterocycles. The maximum atomic E-state index is 12.1. The van der Waals surface area contributed by atoms with Gasteiger partial charge < -0.3 is 4.90 Å². The molecule has 1 aromatic carbocycles. The lowest BCUT2D eigenvalue weighted by molar-refractivity contribution is -0.384. The van der Waals surface area contributed by atoms with E-state index in [9.17, 15) is 14.9 Å². The van der Waals surface area contributed by atoms with Crippen LogP contribution in [0.5, 0.6) is 0 Å². The predicted octanol–water partition coefficient (Wildman–Crippen LogP) is 2.23. The van der Waals surface area contributed by atoms with Crippen LogP contribution in [0.25, 0.3) is 0 Å². The third-order valence-corrected chi connectivity index (χ3v) is 3.41. The first-order valence-corrected chi connectivity index (χ1v) is 6.08. The van der Waals surface area contributed by atoms with Gasteiger partial charge >= 0.3 is 0 Å². The topological polar surface area (TPSA) is 87.2 Å². The van der Waals surface area contributed by atoms with Gasteiger partial charge in [0, 0.05) is 24.6 Å². The molecule has 1 aliphatic rings. The maximum absolute atomic E-state index is 12.1. The summed E-state index contributed by atoms with van der Waals surface area (Å²) in [4.78, 5) is 23.8. The van der Waals surface area contributed by atoms with Crippen molar-refractivity contribution in [2.45, 2.75) is 19.8 Å². The number of nitro groups is 1. The molecule has 1 saturated heterocycles. The Hall–Kier alpha value is -2.42. The number of non-ortho nitro benzene ring substituents is 1. The number of nitrogens with zero attached hydrogens (tertiary/aromatic N) is 3. The number of nitriles is 1. The van der Waals surface area contributed by atoms with Crippen LogP contribution in [0.2, 0.25) is 0 Å². The average Bonchev–Trinajstić information content (AvgIpc) is 2.78. The Labute approximate surface area is 110 Å². The molecule has 0 N–H and O–H groups in total. The highest BCUT2D eigenvalue weighted by atomic mass is 16.6. The fraction of sp³-hybridized carbons (Fsp3) is 0.385. The zero-order chi connectivity index (χ0) is 14.0. The summed E-state index contributed by atoms with van der Waals surface area (Å²) in [6.07, 6.45) is 1.53. The molecule has 1 atom stereocenters. The summed E-state index contributed by atoms with van der Waals surface area (Å²) in [6.45, 7) is 2.51. The van der Waals surface area contributed by atoms with Gasteiger partial charge in [0.25, 0.3) is 5.69 Å². The number of carbonyl (C=O) groups is 1. The number of carbonyl (C=O) groups excluding carboxylic acids is 1. The van der Waals surface area contributed by atoms with Crippen molar-refractivity contribution in [1.82, 2.24) is 0 Å². The van der Waals surface area contributed by atoms with E-state index in [1.807, 2.05) is 13.0 Å². The minimum Gasteiger partial charge on any atom is -0.311 e. The molecule has 0 bridgehead atoms. The minimum atomic E-state index is -0.550. The summed E-state index contributed by atoms with van der Waals surface area (Å²) in [5.74, 6) is -0.0189. The number of rotatable bonds is 3. The highest BCUT2D eigenvalue weighted by Gasteiger charge is 2.32. The number of amides is 1. The van der Waals surface area contributed by atoms with Crippen LogP contribution in [0.3, 0.4) is 0 Å². The molecule has 6 nitrogen and oxygen atoms in total. The number of hydrogen-bond acceptors (Lipinski definition) is 4. The van der Waals surface area contributed by atoms with Crippen molar-refractivity contribution in [2.75, 3.05) is 11.4 Å². The first-order chi connectivity index (χ1) is 9.08. The SMILES string of the molecule is CCC1CCN(c2ccc([N+](=O)[O-])cc2C#N)C1=O. The summed E-state index contributed by atoms with van der Waals surface area (Å²) in [7, 11) is 0. The Kier molecular flexibility index (Phi) is 3.47. The van der Waals surface area contributed by atoms with E-state index in [0.717, 1.165) is 12.8 Å². The van der Waals surface area contributed by atoms with Crippen molar-refractivity contribution in [3.8, 4) is 6.07 Å². The van der Waals surface area contributed by atoms with E-state index in [1.165, 1.54) is 18.2 Å².